The van der Waals surface area contributed by atoms with Gasteiger partial charge in [-0.15, -0.1) is 0 Å². The third kappa shape index (κ3) is 4.01. The number of aromatic amines is 1. The number of benzene rings is 2. The van der Waals surface area contributed by atoms with Gasteiger partial charge in [-0.1, -0.05) is 80.6 Å². The zero-order valence-corrected chi connectivity index (χ0v) is 17.4. The van der Waals surface area contributed by atoms with Crippen molar-refractivity contribution in [1.82, 2.24) is 10.3 Å². The average molecular weight is 403 g/mol. The highest BCUT2D eigenvalue weighted by atomic mass is 16.5. The first-order valence-electron chi connectivity index (χ1n) is 11.3. The maximum Gasteiger partial charge on any atom is 0.323 e. The van der Waals surface area contributed by atoms with Crippen molar-refractivity contribution in [2.24, 2.45) is 5.92 Å². The first-order valence-corrected chi connectivity index (χ1v) is 11.3. The second-order valence-electron chi connectivity index (χ2n) is 8.87. The Bertz CT molecular complexity index is 1000. The SMILES string of the molecule is O=C(OCc1ccccc1)[C@@H]1Cc2c([nH]c3ccccc23)[C@@H](CC2CCCCC2)N1. The molecule has 1 aliphatic carbocycles. The van der Waals surface area contributed by atoms with Crippen LogP contribution >= 0.6 is 0 Å². The fraction of sp³-hybridized carbons (Fsp3) is 0.423. The predicted octanol–water partition coefficient (Wildman–Crippen LogP) is 5.44. The molecule has 0 amide bonds. The summed E-state index contributed by atoms with van der Waals surface area (Å²) in [5.74, 6) is 0.582. The van der Waals surface area contributed by atoms with Gasteiger partial charge in [-0.05, 0) is 29.5 Å². The summed E-state index contributed by atoms with van der Waals surface area (Å²) in [4.78, 5) is 16.6. The molecule has 0 spiro atoms. The van der Waals surface area contributed by atoms with E-state index in [0.717, 1.165) is 23.4 Å². The minimum atomic E-state index is -0.297. The molecule has 0 radical (unpaired) electrons. The van der Waals surface area contributed by atoms with Crippen molar-refractivity contribution in [2.75, 3.05) is 0 Å². The number of nitrogens with one attached hydrogen (secondary N) is 2. The summed E-state index contributed by atoms with van der Waals surface area (Å²) in [6.07, 6.45) is 8.39. The largest absolute Gasteiger partial charge is 0.460 e. The van der Waals surface area contributed by atoms with Crippen LogP contribution < -0.4 is 5.32 Å². The molecule has 30 heavy (non-hydrogen) atoms. The second kappa shape index (κ2) is 8.65. The van der Waals surface area contributed by atoms with Crippen LogP contribution in [0.5, 0.6) is 0 Å². The lowest BCUT2D eigenvalue weighted by atomic mass is 9.82. The molecule has 2 N–H and O–H groups in total. The topological polar surface area (TPSA) is 54.1 Å². The Balaban J connectivity index is 1.37. The molecule has 0 bridgehead atoms. The van der Waals surface area contributed by atoms with Crippen molar-refractivity contribution >= 4 is 16.9 Å². The lowest BCUT2D eigenvalue weighted by Gasteiger charge is -2.33. The van der Waals surface area contributed by atoms with Gasteiger partial charge < -0.3 is 9.72 Å². The van der Waals surface area contributed by atoms with Gasteiger partial charge in [0.25, 0.3) is 0 Å². The van der Waals surface area contributed by atoms with E-state index in [4.69, 9.17) is 4.74 Å². The molecule has 1 saturated carbocycles. The highest BCUT2D eigenvalue weighted by Gasteiger charge is 2.35. The maximum absolute atomic E-state index is 13.0. The van der Waals surface area contributed by atoms with Gasteiger partial charge in [0.2, 0.25) is 0 Å². The number of fused-ring (bicyclic) bond motifs is 3. The van der Waals surface area contributed by atoms with Crippen molar-refractivity contribution in [2.45, 2.75) is 63.6 Å². The molecule has 3 aromatic rings. The number of ether oxygens (including phenoxy) is 1. The number of aromatic nitrogens is 1. The Hall–Kier alpha value is -2.59. The molecule has 5 rings (SSSR count). The number of hydrogen-bond acceptors (Lipinski definition) is 3. The number of H-pyrrole nitrogens is 1. The molecular weight excluding hydrogens is 372 g/mol. The van der Waals surface area contributed by atoms with E-state index in [1.165, 1.54) is 48.7 Å². The standard InChI is InChI=1S/C26H30N2O2/c29-26(30-17-19-11-5-2-6-12-19)24-16-21-20-13-7-8-14-22(20)28-25(21)23(27-24)15-18-9-3-1-4-10-18/h2,5-8,11-14,18,23-24,27-28H,1,3-4,9-10,15-17H2/t23-,24+/m1/s1. The highest BCUT2D eigenvalue weighted by molar-refractivity contribution is 5.87. The van der Waals surface area contributed by atoms with Crippen LogP contribution in [0.3, 0.4) is 0 Å². The number of para-hydroxylation sites is 1. The molecule has 4 nitrogen and oxygen atoms in total. The lowest BCUT2D eigenvalue weighted by Crippen LogP contribution is -2.46. The summed E-state index contributed by atoms with van der Waals surface area (Å²) in [6.45, 7) is 0.325. The Kier molecular flexibility index (Phi) is 5.58. The van der Waals surface area contributed by atoms with E-state index in [1.807, 2.05) is 30.3 Å². The van der Waals surface area contributed by atoms with Crippen LogP contribution in [0.1, 0.15) is 61.4 Å². The quantitative estimate of drug-likeness (QED) is 0.559. The zero-order valence-electron chi connectivity index (χ0n) is 17.4. The van der Waals surface area contributed by atoms with Crippen LogP contribution in [0.2, 0.25) is 0 Å². The van der Waals surface area contributed by atoms with Gasteiger partial charge in [-0.25, -0.2) is 0 Å². The number of rotatable bonds is 5. The van der Waals surface area contributed by atoms with E-state index >= 15 is 0 Å². The maximum atomic E-state index is 13.0. The highest BCUT2D eigenvalue weighted by Crippen LogP contribution is 2.38. The molecule has 1 aromatic heterocycles. The fourth-order valence-electron chi connectivity index (χ4n) is 5.25. The smallest absolute Gasteiger partial charge is 0.323 e. The molecule has 1 aliphatic heterocycles. The molecule has 1 fully saturated rings. The van der Waals surface area contributed by atoms with Crippen LogP contribution in [0.15, 0.2) is 54.6 Å². The lowest BCUT2D eigenvalue weighted by molar-refractivity contribution is -0.148. The predicted molar refractivity (Wildman–Crippen MR) is 119 cm³/mol. The van der Waals surface area contributed by atoms with E-state index in [-0.39, 0.29) is 18.1 Å². The van der Waals surface area contributed by atoms with Crippen molar-refractivity contribution in [3.8, 4) is 0 Å². The minimum absolute atomic E-state index is 0.150. The molecule has 0 saturated heterocycles. The molecule has 2 atom stereocenters. The number of carbonyl (C=O) groups is 1. The number of esters is 1. The first-order chi connectivity index (χ1) is 14.8. The van der Waals surface area contributed by atoms with Crippen molar-refractivity contribution < 1.29 is 9.53 Å². The zero-order chi connectivity index (χ0) is 20.3. The van der Waals surface area contributed by atoms with Crippen LogP contribution in [0.25, 0.3) is 10.9 Å². The van der Waals surface area contributed by atoms with Gasteiger partial charge in [-0.3, -0.25) is 10.1 Å². The Morgan fingerprint density at radius 1 is 0.967 bits per heavy atom. The third-order valence-corrected chi connectivity index (χ3v) is 6.81. The number of hydrogen-bond donors (Lipinski definition) is 2. The summed E-state index contributed by atoms with van der Waals surface area (Å²) >= 11 is 0. The van der Waals surface area contributed by atoms with Gasteiger partial charge in [0.1, 0.15) is 12.6 Å². The van der Waals surface area contributed by atoms with Crippen LogP contribution in [-0.4, -0.2) is 17.0 Å². The fourth-order valence-corrected chi connectivity index (χ4v) is 5.25. The third-order valence-electron chi connectivity index (χ3n) is 6.81. The van der Waals surface area contributed by atoms with Gasteiger partial charge in [0.05, 0.1) is 0 Å². The molecule has 0 unspecified atom stereocenters. The van der Waals surface area contributed by atoms with Crippen molar-refractivity contribution in [1.29, 1.82) is 0 Å². The van der Waals surface area contributed by atoms with E-state index in [1.54, 1.807) is 0 Å². The molecule has 2 aromatic carbocycles. The minimum Gasteiger partial charge on any atom is -0.460 e. The van der Waals surface area contributed by atoms with E-state index in [9.17, 15) is 4.79 Å². The van der Waals surface area contributed by atoms with Gasteiger partial charge in [0, 0.05) is 29.1 Å². The Morgan fingerprint density at radius 2 is 1.73 bits per heavy atom. The monoisotopic (exact) mass is 402 g/mol. The van der Waals surface area contributed by atoms with Gasteiger partial charge >= 0.3 is 5.97 Å². The molecular formula is C26H30N2O2. The van der Waals surface area contributed by atoms with E-state index < -0.39 is 0 Å². The van der Waals surface area contributed by atoms with Crippen LogP contribution in [0.4, 0.5) is 0 Å². The molecule has 2 heterocycles. The Labute approximate surface area is 178 Å². The molecule has 2 aliphatic rings. The molecule has 4 heteroatoms. The Morgan fingerprint density at radius 3 is 2.57 bits per heavy atom. The summed E-state index contributed by atoms with van der Waals surface area (Å²) in [6, 6.07) is 18.2. The summed E-state index contributed by atoms with van der Waals surface area (Å²) in [5.41, 5.74) is 4.74. The van der Waals surface area contributed by atoms with E-state index in [0.29, 0.717) is 13.0 Å². The van der Waals surface area contributed by atoms with E-state index in [2.05, 4.69) is 34.6 Å². The first kappa shape index (κ1) is 19.4. The molecule has 156 valence electrons. The van der Waals surface area contributed by atoms with Crippen molar-refractivity contribution in [3.05, 3.63) is 71.4 Å². The summed E-state index contributed by atoms with van der Waals surface area (Å²) < 4.78 is 5.70. The normalized spacial score (nSPS) is 22.0. The average Bonchev–Trinajstić information content (AvgIpc) is 3.18. The second-order valence-corrected chi connectivity index (χ2v) is 8.87. The summed E-state index contributed by atoms with van der Waals surface area (Å²) in [5, 5.41) is 4.89. The van der Waals surface area contributed by atoms with Gasteiger partial charge in [0.15, 0.2) is 0 Å². The summed E-state index contributed by atoms with van der Waals surface area (Å²) in [7, 11) is 0. The van der Waals surface area contributed by atoms with Crippen LogP contribution in [-0.2, 0) is 22.6 Å². The van der Waals surface area contributed by atoms with Crippen LogP contribution in [0, 0.1) is 5.92 Å². The number of carbonyl (C=O) groups excluding carboxylic acids is 1. The van der Waals surface area contributed by atoms with Crippen molar-refractivity contribution in [3.63, 3.8) is 0 Å². The van der Waals surface area contributed by atoms with Gasteiger partial charge in [-0.2, -0.15) is 0 Å².